The second-order valence-corrected chi connectivity index (χ2v) is 6.82. The first-order valence-electron chi connectivity index (χ1n) is 10.2. The number of esters is 1. The molecule has 0 saturated heterocycles. The predicted octanol–water partition coefficient (Wildman–Crippen LogP) is 0.879. The Hall–Kier alpha value is 0.547. The first-order chi connectivity index (χ1) is 11.3. The van der Waals surface area contributed by atoms with Crippen molar-refractivity contribution in [1.82, 2.24) is 0 Å². The minimum absolute atomic E-state index is 0. The van der Waals surface area contributed by atoms with Gasteiger partial charge in [0.05, 0.1) is 12.5 Å². The molecule has 146 valence electrons. The van der Waals surface area contributed by atoms with E-state index in [0.717, 1.165) is 25.7 Å². The molecule has 0 aliphatic heterocycles. The van der Waals surface area contributed by atoms with E-state index in [-0.39, 0.29) is 47.7 Å². The first-order valence-corrected chi connectivity index (χ1v) is 10.2. The molecule has 0 N–H and O–H groups in total. The van der Waals surface area contributed by atoms with E-state index >= 15 is 0 Å². The topological polar surface area (TPSA) is 26.3 Å². The molecule has 0 aromatic rings. The van der Waals surface area contributed by atoms with Gasteiger partial charge in [0.1, 0.15) is 0 Å². The van der Waals surface area contributed by atoms with Gasteiger partial charge in [-0.15, -0.1) is 0 Å². The fourth-order valence-corrected chi connectivity index (χ4v) is 2.95. The standard InChI is InChI=1S/C21H41O2.BrH.Li/c1-4-7-10-12-13-15-18-20(17-14-11-8-5-2)21(22)23-19-16-9-6-3;;/h6,20H,4-5,7-19H2,1-3H3;1H;/q-1;;+1/p-1. The van der Waals surface area contributed by atoms with E-state index in [9.17, 15) is 4.79 Å². The van der Waals surface area contributed by atoms with Crippen molar-refractivity contribution in [3.63, 3.8) is 0 Å². The molecule has 0 heterocycles. The quantitative estimate of drug-likeness (QED) is 0.154. The van der Waals surface area contributed by atoms with Crippen LogP contribution in [-0.4, -0.2) is 12.6 Å². The fraction of sp³-hybridized carbons (Fsp3) is 0.905. The van der Waals surface area contributed by atoms with Crippen molar-refractivity contribution in [2.75, 3.05) is 6.61 Å². The van der Waals surface area contributed by atoms with Crippen LogP contribution < -0.4 is 35.8 Å². The van der Waals surface area contributed by atoms with Gasteiger partial charge in [0, 0.05) is 0 Å². The summed E-state index contributed by atoms with van der Waals surface area (Å²) in [5.41, 5.74) is 0. The zero-order valence-corrected chi connectivity index (χ0v) is 19.0. The molecule has 0 aromatic carbocycles. The maximum atomic E-state index is 12.3. The zero-order valence-electron chi connectivity index (χ0n) is 17.5. The summed E-state index contributed by atoms with van der Waals surface area (Å²) >= 11 is 0. The van der Waals surface area contributed by atoms with Gasteiger partial charge in [-0.1, -0.05) is 78.1 Å². The minimum Gasteiger partial charge on any atom is -1.00 e. The molecule has 0 rings (SSSR count). The van der Waals surface area contributed by atoms with Crippen molar-refractivity contribution in [3.8, 4) is 0 Å². The van der Waals surface area contributed by atoms with E-state index in [1.54, 1.807) is 0 Å². The number of halogens is 1. The minimum atomic E-state index is 0. The van der Waals surface area contributed by atoms with Crippen LogP contribution in [0.15, 0.2) is 0 Å². The van der Waals surface area contributed by atoms with Gasteiger partial charge in [-0.2, -0.15) is 13.3 Å². The number of carbonyl (C=O) groups excluding carboxylic acids is 1. The van der Waals surface area contributed by atoms with Crippen molar-refractivity contribution < 1.29 is 45.4 Å². The van der Waals surface area contributed by atoms with Crippen LogP contribution in [0.4, 0.5) is 0 Å². The van der Waals surface area contributed by atoms with Crippen molar-refractivity contribution in [2.45, 2.75) is 111 Å². The molecule has 1 unspecified atom stereocenters. The van der Waals surface area contributed by atoms with Crippen molar-refractivity contribution >= 4 is 5.97 Å². The van der Waals surface area contributed by atoms with Gasteiger partial charge < -0.3 is 28.1 Å². The number of hydrogen-bond acceptors (Lipinski definition) is 2. The Balaban J connectivity index is -0.00000242. The normalized spacial score (nSPS) is 11.3. The second kappa shape index (κ2) is 24.5. The van der Waals surface area contributed by atoms with Gasteiger partial charge in [-0.05, 0) is 19.3 Å². The molecule has 4 heteroatoms. The van der Waals surface area contributed by atoms with Crippen LogP contribution in [0.5, 0.6) is 0 Å². The van der Waals surface area contributed by atoms with E-state index in [1.807, 2.05) is 0 Å². The molecule has 0 spiro atoms. The van der Waals surface area contributed by atoms with Crippen LogP contribution in [0.1, 0.15) is 111 Å². The maximum absolute atomic E-state index is 12.3. The first kappa shape index (κ1) is 30.3. The summed E-state index contributed by atoms with van der Waals surface area (Å²) < 4.78 is 5.50. The largest absolute Gasteiger partial charge is 1.00 e. The van der Waals surface area contributed by atoms with Gasteiger partial charge in [-0.3, -0.25) is 4.79 Å². The Kier molecular flexibility index (Phi) is 29.7. The third-order valence-electron chi connectivity index (χ3n) is 4.53. The Morgan fingerprint density at radius 3 is 1.84 bits per heavy atom. The molecule has 0 aliphatic rings. The van der Waals surface area contributed by atoms with Gasteiger partial charge in [-0.25, -0.2) is 0 Å². The number of rotatable bonds is 17. The summed E-state index contributed by atoms with van der Waals surface area (Å²) in [6.45, 7) is 7.12. The average molecular weight is 412 g/mol. The van der Waals surface area contributed by atoms with E-state index < -0.39 is 0 Å². The van der Waals surface area contributed by atoms with Crippen LogP contribution >= 0.6 is 0 Å². The molecule has 0 amide bonds. The van der Waals surface area contributed by atoms with Crippen LogP contribution in [0, 0.1) is 12.3 Å². The van der Waals surface area contributed by atoms with Crippen LogP contribution in [0.3, 0.4) is 0 Å². The molecular formula is C21H41BrLiO2-. The van der Waals surface area contributed by atoms with Gasteiger partial charge in [0.2, 0.25) is 0 Å². The molecule has 2 nitrogen and oxygen atoms in total. The summed E-state index contributed by atoms with van der Waals surface area (Å²) in [6.07, 6.45) is 18.9. The van der Waals surface area contributed by atoms with Crippen LogP contribution in [-0.2, 0) is 9.53 Å². The molecule has 0 radical (unpaired) electrons. The Labute approximate surface area is 180 Å². The van der Waals surface area contributed by atoms with E-state index in [4.69, 9.17) is 4.74 Å². The Morgan fingerprint density at radius 1 is 0.840 bits per heavy atom. The average Bonchev–Trinajstić information content (AvgIpc) is 2.56. The van der Waals surface area contributed by atoms with Gasteiger partial charge in [0.15, 0.2) is 0 Å². The number of hydrogen-bond donors (Lipinski definition) is 0. The number of unbranched alkanes of at least 4 members (excludes halogenated alkanes) is 10. The SMILES string of the molecule is C[CH-]CCCOC(=O)C(CCCCCC)CCCCCCCC.[Br-].[Li+]. The zero-order chi connectivity index (χ0) is 17.2. The predicted molar refractivity (Wildman–Crippen MR) is 100 cm³/mol. The van der Waals surface area contributed by atoms with E-state index in [1.165, 1.54) is 64.2 Å². The molecule has 1 atom stereocenters. The molecule has 0 saturated carbocycles. The fourth-order valence-electron chi connectivity index (χ4n) is 2.95. The third-order valence-corrected chi connectivity index (χ3v) is 4.53. The molecule has 0 bridgehead atoms. The Morgan fingerprint density at radius 2 is 1.32 bits per heavy atom. The second-order valence-electron chi connectivity index (χ2n) is 6.82. The monoisotopic (exact) mass is 411 g/mol. The number of ether oxygens (including phenoxy) is 1. The third kappa shape index (κ3) is 20.7. The summed E-state index contributed by atoms with van der Waals surface area (Å²) in [4.78, 5) is 12.3. The molecule has 0 aliphatic carbocycles. The number of carbonyl (C=O) groups is 1. The van der Waals surface area contributed by atoms with Crippen LogP contribution in [0.2, 0.25) is 0 Å². The van der Waals surface area contributed by atoms with Gasteiger partial charge >= 0.3 is 24.8 Å². The molecule has 0 fully saturated rings. The summed E-state index contributed by atoms with van der Waals surface area (Å²) in [5.74, 6) is 0.204. The van der Waals surface area contributed by atoms with Gasteiger partial charge in [0.25, 0.3) is 0 Å². The molecule has 25 heavy (non-hydrogen) atoms. The summed E-state index contributed by atoms with van der Waals surface area (Å²) in [5, 5.41) is 0. The maximum Gasteiger partial charge on any atom is 1.00 e. The van der Waals surface area contributed by atoms with E-state index in [0.29, 0.717) is 6.61 Å². The van der Waals surface area contributed by atoms with E-state index in [2.05, 4.69) is 27.2 Å². The van der Waals surface area contributed by atoms with Crippen LogP contribution in [0.25, 0.3) is 0 Å². The molecular weight excluding hydrogens is 371 g/mol. The summed E-state index contributed by atoms with van der Waals surface area (Å²) in [7, 11) is 0. The van der Waals surface area contributed by atoms with Crippen molar-refractivity contribution in [3.05, 3.63) is 6.42 Å². The molecule has 0 aromatic heterocycles. The van der Waals surface area contributed by atoms with Crippen molar-refractivity contribution in [1.29, 1.82) is 0 Å². The van der Waals surface area contributed by atoms with Crippen molar-refractivity contribution in [2.24, 2.45) is 5.92 Å². The Bertz CT molecular complexity index is 262. The summed E-state index contributed by atoms with van der Waals surface area (Å²) in [6, 6.07) is 0. The smallest absolute Gasteiger partial charge is 1.00 e.